The molecule has 0 saturated heterocycles. The van der Waals surface area contributed by atoms with Crippen LogP contribution in [0.15, 0.2) is 46.9 Å². The zero-order valence-electron chi connectivity index (χ0n) is 11.4. The van der Waals surface area contributed by atoms with E-state index in [0.717, 1.165) is 30.5 Å². The van der Waals surface area contributed by atoms with E-state index in [-0.39, 0.29) is 4.90 Å². The first kappa shape index (κ1) is 15.4. The van der Waals surface area contributed by atoms with Crippen LogP contribution in [-0.2, 0) is 10.0 Å². The van der Waals surface area contributed by atoms with Gasteiger partial charge in [-0.1, -0.05) is 23.8 Å². The van der Waals surface area contributed by atoms with Gasteiger partial charge >= 0.3 is 0 Å². The third-order valence-electron chi connectivity index (χ3n) is 2.63. The van der Waals surface area contributed by atoms with Crippen LogP contribution in [0.5, 0.6) is 0 Å². The van der Waals surface area contributed by atoms with Crippen molar-refractivity contribution in [1.29, 1.82) is 0 Å². The van der Waals surface area contributed by atoms with Gasteiger partial charge in [0.15, 0.2) is 0 Å². The van der Waals surface area contributed by atoms with Gasteiger partial charge in [-0.15, -0.1) is 6.58 Å². The molecular formula is C14H20N2O2S. The van der Waals surface area contributed by atoms with Gasteiger partial charge in [0, 0.05) is 5.71 Å². The fraction of sp³-hybridized carbons (Fsp3) is 0.357. The summed E-state index contributed by atoms with van der Waals surface area (Å²) in [6.45, 7) is 7.35. The molecule has 0 heterocycles. The van der Waals surface area contributed by atoms with Crippen molar-refractivity contribution in [3.8, 4) is 0 Å². The van der Waals surface area contributed by atoms with Crippen LogP contribution in [0.25, 0.3) is 0 Å². The van der Waals surface area contributed by atoms with Crippen LogP contribution in [0.1, 0.15) is 31.7 Å². The molecule has 0 aliphatic rings. The summed E-state index contributed by atoms with van der Waals surface area (Å²) in [5, 5.41) is 3.91. The number of benzene rings is 1. The second-order valence-corrected chi connectivity index (χ2v) is 6.10. The first-order valence-corrected chi connectivity index (χ1v) is 7.66. The molecule has 0 bridgehead atoms. The average molecular weight is 280 g/mol. The van der Waals surface area contributed by atoms with E-state index in [4.69, 9.17) is 0 Å². The Hall–Kier alpha value is -1.62. The molecule has 1 rings (SSSR count). The molecule has 0 fully saturated rings. The van der Waals surface area contributed by atoms with Crippen molar-refractivity contribution in [2.75, 3.05) is 0 Å². The summed E-state index contributed by atoms with van der Waals surface area (Å²) in [6.07, 6.45) is 4.41. The number of allylic oxidation sites excluding steroid dienone is 1. The summed E-state index contributed by atoms with van der Waals surface area (Å²) in [7, 11) is -3.56. The lowest BCUT2D eigenvalue weighted by molar-refractivity contribution is 0.584. The summed E-state index contributed by atoms with van der Waals surface area (Å²) < 4.78 is 23.9. The standard InChI is InChI=1S/C14H20N2O2S/c1-4-5-6-7-13(3)15-16-19(17,18)14-10-8-12(2)9-11-14/h4,8-11,16H,1,5-7H2,2-3H3/b15-13-. The van der Waals surface area contributed by atoms with Gasteiger partial charge in [-0.25, -0.2) is 4.83 Å². The van der Waals surface area contributed by atoms with E-state index in [2.05, 4.69) is 16.5 Å². The number of nitrogens with one attached hydrogen (secondary N) is 1. The van der Waals surface area contributed by atoms with Gasteiger partial charge in [0.2, 0.25) is 0 Å². The summed E-state index contributed by atoms with van der Waals surface area (Å²) in [5.74, 6) is 0. The first-order chi connectivity index (χ1) is 8.95. The molecule has 1 N–H and O–H groups in total. The van der Waals surface area contributed by atoms with Crippen molar-refractivity contribution in [1.82, 2.24) is 4.83 Å². The highest BCUT2D eigenvalue weighted by atomic mass is 32.2. The Labute approximate surface area is 115 Å². The lowest BCUT2D eigenvalue weighted by Gasteiger charge is -2.05. The van der Waals surface area contributed by atoms with E-state index in [1.54, 1.807) is 31.2 Å². The molecule has 0 aliphatic heterocycles. The first-order valence-electron chi connectivity index (χ1n) is 6.18. The number of unbranched alkanes of at least 4 members (excludes halogenated alkanes) is 1. The Kier molecular flexibility index (Phi) is 5.76. The minimum absolute atomic E-state index is 0.223. The molecule has 4 nitrogen and oxygen atoms in total. The van der Waals surface area contributed by atoms with Gasteiger partial charge < -0.3 is 0 Å². The molecule has 1 aromatic rings. The van der Waals surface area contributed by atoms with Crippen LogP contribution in [0.2, 0.25) is 0 Å². The second kappa shape index (κ2) is 7.09. The highest BCUT2D eigenvalue weighted by molar-refractivity contribution is 7.89. The van der Waals surface area contributed by atoms with Crippen molar-refractivity contribution in [2.45, 2.75) is 38.0 Å². The quantitative estimate of drug-likeness (QED) is 0.361. The Morgan fingerprint density at radius 3 is 2.58 bits per heavy atom. The number of hydrogen-bond donors (Lipinski definition) is 1. The van der Waals surface area contributed by atoms with E-state index in [1.807, 2.05) is 13.0 Å². The molecular weight excluding hydrogens is 260 g/mol. The monoisotopic (exact) mass is 280 g/mol. The summed E-state index contributed by atoms with van der Waals surface area (Å²) in [6, 6.07) is 6.66. The molecule has 19 heavy (non-hydrogen) atoms. The topological polar surface area (TPSA) is 58.5 Å². The van der Waals surface area contributed by atoms with Gasteiger partial charge in [0.1, 0.15) is 0 Å². The summed E-state index contributed by atoms with van der Waals surface area (Å²) in [5.41, 5.74) is 1.78. The Morgan fingerprint density at radius 1 is 1.37 bits per heavy atom. The van der Waals surface area contributed by atoms with Crippen molar-refractivity contribution in [2.24, 2.45) is 5.10 Å². The molecule has 104 valence electrons. The summed E-state index contributed by atoms with van der Waals surface area (Å²) in [4.78, 5) is 2.48. The molecule has 0 radical (unpaired) electrons. The highest BCUT2D eigenvalue weighted by Crippen LogP contribution is 2.09. The molecule has 0 amide bonds. The number of rotatable bonds is 7. The maximum absolute atomic E-state index is 11.9. The number of hydrazone groups is 1. The van der Waals surface area contributed by atoms with E-state index in [9.17, 15) is 8.42 Å². The van der Waals surface area contributed by atoms with E-state index in [0.29, 0.717) is 0 Å². The molecule has 5 heteroatoms. The van der Waals surface area contributed by atoms with Gasteiger partial charge in [-0.3, -0.25) is 0 Å². The van der Waals surface area contributed by atoms with Crippen molar-refractivity contribution in [3.63, 3.8) is 0 Å². The van der Waals surface area contributed by atoms with Crippen molar-refractivity contribution >= 4 is 15.7 Å². The minimum Gasteiger partial charge on any atom is -0.200 e. The van der Waals surface area contributed by atoms with E-state index < -0.39 is 10.0 Å². The maximum Gasteiger partial charge on any atom is 0.276 e. The maximum atomic E-state index is 11.9. The Bertz CT molecular complexity index is 545. The normalized spacial score (nSPS) is 12.2. The van der Waals surface area contributed by atoms with Crippen LogP contribution in [0.3, 0.4) is 0 Å². The van der Waals surface area contributed by atoms with Gasteiger partial charge in [0.05, 0.1) is 4.90 Å². The zero-order valence-corrected chi connectivity index (χ0v) is 12.2. The predicted molar refractivity (Wildman–Crippen MR) is 78.7 cm³/mol. The lowest BCUT2D eigenvalue weighted by Crippen LogP contribution is -2.19. The number of aryl methyl sites for hydroxylation is 1. The van der Waals surface area contributed by atoms with Gasteiger partial charge in [-0.2, -0.15) is 13.5 Å². The Balaban J connectivity index is 2.67. The van der Waals surface area contributed by atoms with E-state index in [1.165, 1.54) is 0 Å². The molecule has 0 aromatic heterocycles. The third kappa shape index (κ3) is 5.26. The fourth-order valence-corrected chi connectivity index (χ4v) is 2.34. The molecule has 0 saturated carbocycles. The number of hydrogen-bond acceptors (Lipinski definition) is 3. The third-order valence-corrected chi connectivity index (χ3v) is 3.86. The molecule has 1 aromatic carbocycles. The lowest BCUT2D eigenvalue weighted by atomic mass is 10.2. The molecule has 0 atom stereocenters. The number of sulfonamides is 1. The predicted octanol–water partition coefficient (Wildman–Crippen LogP) is 3.01. The van der Waals surface area contributed by atoms with Crippen LogP contribution < -0.4 is 4.83 Å². The van der Waals surface area contributed by atoms with Gasteiger partial charge in [-0.05, 0) is 45.2 Å². The van der Waals surface area contributed by atoms with Crippen LogP contribution in [0, 0.1) is 6.92 Å². The van der Waals surface area contributed by atoms with Crippen molar-refractivity contribution < 1.29 is 8.42 Å². The van der Waals surface area contributed by atoms with Crippen LogP contribution in [0.4, 0.5) is 0 Å². The SMILES string of the molecule is C=CCCC/C(C)=N\NS(=O)(=O)c1ccc(C)cc1. The summed E-state index contributed by atoms with van der Waals surface area (Å²) >= 11 is 0. The fourth-order valence-electron chi connectivity index (χ4n) is 1.47. The molecule has 0 spiro atoms. The molecule has 0 unspecified atom stereocenters. The zero-order chi connectivity index (χ0) is 14.3. The minimum atomic E-state index is -3.56. The van der Waals surface area contributed by atoms with Crippen LogP contribution in [-0.4, -0.2) is 14.1 Å². The van der Waals surface area contributed by atoms with Crippen molar-refractivity contribution in [3.05, 3.63) is 42.5 Å². The highest BCUT2D eigenvalue weighted by Gasteiger charge is 2.12. The smallest absolute Gasteiger partial charge is 0.200 e. The van der Waals surface area contributed by atoms with Crippen LogP contribution >= 0.6 is 0 Å². The largest absolute Gasteiger partial charge is 0.276 e. The van der Waals surface area contributed by atoms with E-state index >= 15 is 0 Å². The average Bonchev–Trinajstić information content (AvgIpc) is 2.37. The molecule has 0 aliphatic carbocycles. The van der Waals surface area contributed by atoms with Gasteiger partial charge in [0.25, 0.3) is 10.0 Å². The Morgan fingerprint density at radius 2 is 2.00 bits per heavy atom. The number of nitrogens with zero attached hydrogens (tertiary/aromatic N) is 1. The second-order valence-electron chi connectivity index (χ2n) is 4.44.